The molecule has 2 aromatic heterocycles. The molecule has 1 aliphatic rings. The van der Waals surface area contributed by atoms with E-state index in [4.69, 9.17) is 10.5 Å². The topological polar surface area (TPSA) is 85.8 Å². The van der Waals surface area contributed by atoms with E-state index in [1.807, 2.05) is 0 Å². The molecule has 0 radical (unpaired) electrons. The number of nitrogens with two attached hydrogens (primary N) is 1. The van der Waals surface area contributed by atoms with Crippen LogP contribution in [0.5, 0.6) is 0 Å². The molecular formula is C23H19F4N5O2. The number of alkyl halides is 3. The van der Waals surface area contributed by atoms with E-state index in [0.717, 1.165) is 18.2 Å². The van der Waals surface area contributed by atoms with Crippen molar-refractivity contribution >= 4 is 28.3 Å². The minimum absolute atomic E-state index is 0.0699. The Morgan fingerprint density at radius 2 is 1.88 bits per heavy atom. The Labute approximate surface area is 190 Å². The van der Waals surface area contributed by atoms with Crippen LogP contribution in [-0.4, -0.2) is 44.4 Å². The number of imidazole rings is 1. The third-order valence-corrected chi connectivity index (χ3v) is 6.00. The van der Waals surface area contributed by atoms with Crippen molar-refractivity contribution in [3.63, 3.8) is 0 Å². The van der Waals surface area contributed by atoms with E-state index in [2.05, 4.69) is 9.97 Å². The number of fused-ring (bicyclic) bond motifs is 3. The summed E-state index contributed by atoms with van der Waals surface area (Å²) < 4.78 is 61.3. The van der Waals surface area contributed by atoms with E-state index in [1.54, 1.807) is 11.3 Å². The highest BCUT2D eigenvalue weighted by molar-refractivity contribution is 5.99. The molecule has 11 heteroatoms. The summed E-state index contributed by atoms with van der Waals surface area (Å²) in [5, 5.41) is 0. The summed E-state index contributed by atoms with van der Waals surface area (Å²) >= 11 is 0. The molecule has 5 rings (SSSR count). The number of carbonyl (C=O) groups excluding carboxylic acids is 1. The maximum absolute atomic E-state index is 15.1. The highest BCUT2D eigenvalue weighted by atomic mass is 19.4. The van der Waals surface area contributed by atoms with Crippen LogP contribution in [0.2, 0.25) is 0 Å². The van der Waals surface area contributed by atoms with Gasteiger partial charge in [-0.25, -0.2) is 14.4 Å². The van der Waals surface area contributed by atoms with E-state index in [0.29, 0.717) is 16.6 Å². The first-order valence-corrected chi connectivity index (χ1v) is 10.4. The van der Waals surface area contributed by atoms with Crippen molar-refractivity contribution in [2.24, 2.45) is 0 Å². The van der Waals surface area contributed by atoms with Gasteiger partial charge in [-0.05, 0) is 30.7 Å². The number of ether oxygens (including phenoxy) is 1. The molecule has 0 bridgehead atoms. The lowest BCUT2D eigenvalue weighted by atomic mass is 9.99. The van der Waals surface area contributed by atoms with E-state index < -0.39 is 35.5 Å². The first-order chi connectivity index (χ1) is 16.1. The fourth-order valence-corrected chi connectivity index (χ4v) is 4.31. The number of anilines is 1. The Balaban J connectivity index is 1.57. The van der Waals surface area contributed by atoms with E-state index in [1.165, 1.54) is 35.6 Å². The summed E-state index contributed by atoms with van der Waals surface area (Å²) in [6.07, 6.45) is -1.48. The van der Waals surface area contributed by atoms with Crippen LogP contribution in [0.4, 0.5) is 23.4 Å². The molecule has 0 spiro atoms. The number of aromatic nitrogens is 3. The normalized spacial score (nSPS) is 19.1. The van der Waals surface area contributed by atoms with Gasteiger partial charge in [-0.3, -0.25) is 9.20 Å². The first kappa shape index (κ1) is 22.1. The zero-order valence-corrected chi connectivity index (χ0v) is 17.9. The maximum atomic E-state index is 15.1. The van der Waals surface area contributed by atoms with Gasteiger partial charge in [0.1, 0.15) is 17.2 Å². The highest BCUT2D eigenvalue weighted by Gasteiger charge is 2.36. The maximum Gasteiger partial charge on any atom is 0.416 e. The average molecular weight is 473 g/mol. The summed E-state index contributed by atoms with van der Waals surface area (Å²) in [7, 11) is 0. The number of benzene rings is 2. The fourth-order valence-electron chi connectivity index (χ4n) is 4.31. The van der Waals surface area contributed by atoms with E-state index >= 15 is 4.39 Å². The second kappa shape index (κ2) is 7.94. The minimum Gasteiger partial charge on any atom is -0.382 e. The van der Waals surface area contributed by atoms with Crippen LogP contribution in [-0.2, 0) is 10.9 Å². The largest absolute Gasteiger partial charge is 0.416 e. The second-order valence-electron chi connectivity index (χ2n) is 8.20. The van der Waals surface area contributed by atoms with Crippen LogP contribution < -0.4 is 5.73 Å². The number of hydrogen-bond donors (Lipinski definition) is 1. The summed E-state index contributed by atoms with van der Waals surface area (Å²) in [4.78, 5) is 23.3. The van der Waals surface area contributed by atoms with Crippen molar-refractivity contribution in [1.82, 2.24) is 19.3 Å². The number of halogens is 4. The fraction of sp³-hybridized carbons (Fsp3) is 0.261. The summed E-state index contributed by atoms with van der Waals surface area (Å²) in [5.74, 6) is -1.22. The Morgan fingerprint density at radius 1 is 1.15 bits per heavy atom. The molecule has 2 aromatic carbocycles. The van der Waals surface area contributed by atoms with Gasteiger partial charge in [0.25, 0.3) is 5.91 Å². The molecule has 7 nitrogen and oxygen atoms in total. The van der Waals surface area contributed by atoms with Crippen LogP contribution in [0.1, 0.15) is 34.5 Å². The number of nitrogen functional groups attached to an aromatic ring is 1. The Morgan fingerprint density at radius 3 is 2.59 bits per heavy atom. The molecule has 3 heterocycles. The standard InChI is InChI=1S/C23H19F4N5O2/c1-12-9-34-10-20(13-2-4-14(5-3-13)23(25,26)27)32(12)22(33)15-6-18-17(7-16(15)24)30-21(28)19-8-29-11-31(18)19/h2-8,11-12,20H,9-10H2,1H3,(H2,28,30)/t12-,20-/m1/s1. The lowest BCUT2D eigenvalue weighted by molar-refractivity contribution is -0.137. The minimum atomic E-state index is -4.48. The summed E-state index contributed by atoms with van der Waals surface area (Å²) in [6, 6.07) is 5.94. The van der Waals surface area contributed by atoms with Crippen LogP contribution in [0.15, 0.2) is 48.9 Å². The molecule has 34 heavy (non-hydrogen) atoms. The first-order valence-electron chi connectivity index (χ1n) is 10.4. The van der Waals surface area contributed by atoms with Gasteiger partial charge in [0.05, 0.1) is 60.0 Å². The monoisotopic (exact) mass is 473 g/mol. The van der Waals surface area contributed by atoms with Crippen molar-refractivity contribution in [3.05, 3.63) is 71.4 Å². The number of hydrogen-bond acceptors (Lipinski definition) is 5. The molecule has 1 saturated heterocycles. The lowest BCUT2D eigenvalue weighted by Crippen LogP contribution is -2.49. The number of morpholine rings is 1. The van der Waals surface area contributed by atoms with Gasteiger partial charge in [0, 0.05) is 6.07 Å². The van der Waals surface area contributed by atoms with Crippen LogP contribution in [0.3, 0.4) is 0 Å². The molecule has 4 aromatic rings. The van der Waals surface area contributed by atoms with Gasteiger partial charge in [-0.15, -0.1) is 0 Å². The Kier molecular flexibility index (Phi) is 5.16. The molecule has 0 saturated carbocycles. The van der Waals surface area contributed by atoms with Gasteiger partial charge < -0.3 is 15.4 Å². The number of rotatable bonds is 2. The lowest BCUT2D eigenvalue weighted by Gasteiger charge is -2.41. The van der Waals surface area contributed by atoms with Gasteiger partial charge in [0.15, 0.2) is 0 Å². The average Bonchev–Trinajstić information content (AvgIpc) is 3.29. The molecule has 0 unspecified atom stereocenters. The zero-order chi connectivity index (χ0) is 24.2. The molecule has 176 valence electrons. The number of carbonyl (C=O) groups is 1. The number of amides is 1. The quantitative estimate of drug-likeness (QED) is 0.441. The SMILES string of the molecule is C[C@@H]1COC[C@H](c2ccc(C(F)(F)F)cc2)N1C(=O)c1cc2c(cc1F)nc(N)c1cncn12. The predicted molar refractivity (Wildman–Crippen MR) is 115 cm³/mol. The molecular weight excluding hydrogens is 454 g/mol. The third kappa shape index (κ3) is 3.61. The zero-order valence-electron chi connectivity index (χ0n) is 17.9. The van der Waals surface area contributed by atoms with Crippen molar-refractivity contribution < 1.29 is 27.1 Å². The van der Waals surface area contributed by atoms with Crippen molar-refractivity contribution in [3.8, 4) is 0 Å². The van der Waals surface area contributed by atoms with E-state index in [-0.39, 0.29) is 30.1 Å². The number of nitrogens with zero attached hydrogens (tertiary/aromatic N) is 4. The molecule has 1 aliphatic heterocycles. The van der Waals surface area contributed by atoms with Gasteiger partial charge in [-0.1, -0.05) is 12.1 Å². The van der Waals surface area contributed by atoms with Crippen molar-refractivity contribution in [2.45, 2.75) is 25.2 Å². The molecule has 2 atom stereocenters. The second-order valence-corrected chi connectivity index (χ2v) is 8.20. The predicted octanol–water partition coefficient (Wildman–Crippen LogP) is 4.22. The summed E-state index contributed by atoms with van der Waals surface area (Å²) in [6.45, 7) is 2.02. The Bertz CT molecular complexity index is 1400. The van der Waals surface area contributed by atoms with Gasteiger partial charge in [0.2, 0.25) is 0 Å². The van der Waals surface area contributed by atoms with Gasteiger partial charge in [-0.2, -0.15) is 13.2 Å². The Hall–Kier alpha value is -3.73. The molecule has 1 fully saturated rings. The smallest absolute Gasteiger partial charge is 0.382 e. The van der Waals surface area contributed by atoms with Crippen LogP contribution >= 0.6 is 0 Å². The molecule has 0 aliphatic carbocycles. The third-order valence-electron chi connectivity index (χ3n) is 6.00. The van der Waals surface area contributed by atoms with Crippen LogP contribution in [0, 0.1) is 5.82 Å². The highest BCUT2D eigenvalue weighted by Crippen LogP contribution is 2.34. The molecule has 1 amide bonds. The van der Waals surface area contributed by atoms with Crippen molar-refractivity contribution in [2.75, 3.05) is 18.9 Å². The van der Waals surface area contributed by atoms with Crippen molar-refractivity contribution in [1.29, 1.82) is 0 Å². The van der Waals surface area contributed by atoms with Crippen LogP contribution in [0.25, 0.3) is 16.6 Å². The van der Waals surface area contributed by atoms with E-state index in [9.17, 15) is 18.0 Å². The molecule has 2 N–H and O–H groups in total. The summed E-state index contributed by atoms with van der Waals surface area (Å²) in [5.41, 5.74) is 6.60. The van der Waals surface area contributed by atoms with Gasteiger partial charge >= 0.3 is 6.18 Å².